The second-order valence-corrected chi connectivity index (χ2v) is 21.1. The van der Waals surface area contributed by atoms with Crippen LogP contribution in [0.3, 0.4) is 0 Å². The molecule has 0 aliphatic carbocycles. The summed E-state index contributed by atoms with van der Waals surface area (Å²) in [5.74, 6) is 1.05. The molecule has 2 fully saturated rings. The molecule has 64 heavy (non-hydrogen) atoms. The Bertz CT molecular complexity index is 2170. The molecule has 8 nitrogen and oxygen atoms in total. The summed E-state index contributed by atoms with van der Waals surface area (Å²) in [5.41, 5.74) is 5.64. The van der Waals surface area contributed by atoms with Crippen molar-refractivity contribution in [1.29, 1.82) is 0 Å². The number of rotatable bonds is 19. The van der Waals surface area contributed by atoms with E-state index in [9.17, 15) is 18.0 Å². The number of aryl methyl sites for hydroxylation is 2. The minimum absolute atomic E-state index is 0.0172. The van der Waals surface area contributed by atoms with Crippen LogP contribution in [0.2, 0.25) is 0 Å². The van der Waals surface area contributed by atoms with Gasteiger partial charge in [-0.25, -0.2) is 0 Å². The highest BCUT2D eigenvalue weighted by Gasteiger charge is 2.46. The number of ether oxygens (including phenoxy) is 3. The summed E-state index contributed by atoms with van der Waals surface area (Å²) < 4.78 is 45.3. The van der Waals surface area contributed by atoms with Crippen LogP contribution in [0.25, 0.3) is 0 Å². The minimum Gasteiger partial charge on any atom is -0.459 e. The molecule has 4 aromatic rings. The Labute approximate surface area is 386 Å². The van der Waals surface area contributed by atoms with Gasteiger partial charge in [-0.3, -0.25) is 13.8 Å². The monoisotopic (exact) mass is 897 g/mol. The number of Topliss-reactive ketones (excluding diaryl/α,β-unsaturated/α-hetero) is 1. The third-order valence-corrected chi connectivity index (χ3v) is 14.3. The fourth-order valence-electron chi connectivity index (χ4n) is 7.01. The Morgan fingerprint density at radius 2 is 1.11 bits per heavy atom. The lowest BCUT2D eigenvalue weighted by Crippen LogP contribution is -2.40. The first-order valence-corrected chi connectivity index (χ1v) is 24.7. The normalized spacial score (nSPS) is 20.2. The molecule has 0 amide bonds. The van der Waals surface area contributed by atoms with Gasteiger partial charge in [-0.1, -0.05) is 133 Å². The molecule has 9 heteroatoms. The summed E-state index contributed by atoms with van der Waals surface area (Å²) in [5, 5.41) is 0. The molecular weight excluding hydrogens is 821 g/mol. The van der Waals surface area contributed by atoms with E-state index >= 15 is 0 Å². The Balaban J connectivity index is 0.000000212. The van der Waals surface area contributed by atoms with Crippen LogP contribution >= 0.6 is 0 Å². The number of hydrogen-bond donors (Lipinski definition) is 0. The van der Waals surface area contributed by atoms with Crippen LogP contribution in [0.15, 0.2) is 108 Å². The van der Waals surface area contributed by atoms with Crippen molar-refractivity contribution in [2.75, 3.05) is 19.8 Å². The predicted molar refractivity (Wildman–Crippen MR) is 258 cm³/mol. The minimum atomic E-state index is -3.68. The van der Waals surface area contributed by atoms with Crippen molar-refractivity contribution < 1.29 is 36.4 Å². The molecule has 350 valence electrons. The van der Waals surface area contributed by atoms with Crippen molar-refractivity contribution in [3.05, 3.63) is 137 Å². The van der Waals surface area contributed by atoms with Gasteiger partial charge in [-0.2, -0.15) is 8.42 Å². The second kappa shape index (κ2) is 22.8. The summed E-state index contributed by atoms with van der Waals surface area (Å²) in [7, 11) is -3.68. The van der Waals surface area contributed by atoms with Gasteiger partial charge in [-0.15, -0.1) is 0 Å². The van der Waals surface area contributed by atoms with E-state index in [-0.39, 0.29) is 22.9 Å². The van der Waals surface area contributed by atoms with Crippen molar-refractivity contribution >= 4 is 21.9 Å². The number of benzene rings is 4. The Morgan fingerprint density at radius 3 is 1.50 bits per heavy atom. The summed E-state index contributed by atoms with van der Waals surface area (Å²) in [6.07, 6.45) is 6.62. The molecule has 0 aromatic heterocycles. The molecule has 0 N–H and O–H groups in total. The number of esters is 1. The average molecular weight is 897 g/mol. The summed E-state index contributed by atoms with van der Waals surface area (Å²) in [4.78, 5) is 24.8. The van der Waals surface area contributed by atoms with E-state index in [1.165, 1.54) is 35.6 Å². The smallest absolute Gasteiger partial charge is 0.319 e. The highest BCUT2D eigenvalue weighted by atomic mass is 32.2. The predicted octanol–water partition coefficient (Wildman–Crippen LogP) is 12.8. The van der Waals surface area contributed by atoms with Crippen LogP contribution in [0.1, 0.15) is 166 Å². The maximum atomic E-state index is 12.5. The first-order chi connectivity index (χ1) is 30.1. The molecule has 0 spiro atoms. The number of carbonyl (C=O) groups excluding carboxylic acids is 2. The lowest BCUT2D eigenvalue weighted by atomic mass is 9.80. The lowest BCUT2D eigenvalue weighted by Gasteiger charge is -2.29. The van der Waals surface area contributed by atoms with Gasteiger partial charge in [0.05, 0.1) is 24.7 Å². The topological polar surface area (TPSA) is 112 Å². The van der Waals surface area contributed by atoms with Gasteiger partial charge in [0.25, 0.3) is 10.1 Å². The molecule has 6 rings (SSSR count). The van der Waals surface area contributed by atoms with Crippen molar-refractivity contribution in [3.63, 3.8) is 0 Å². The van der Waals surface area contributed by atoms with Gasteiger partial charge in [0.15, 0.2) is 0 Å². The van der Waals surface area contributed by atoms with Crippen LogP contribution in [0.5, 0.6) is 0 Å². The maximum absolute atomic E-state index is 12.5. The van der Waals surface area contributed by atoms with Crippen LogP contribution < -0.4 is 0 Å². The standard InChI is InChI=1S/C21H32O3.C20H24O.C14H20O4S/c1-8-15(2)18-11-9-17(10-12-18)13-14-21(7,16(3)22)19(23)24-20(4,5)6;1-3-16(2)18-11-9-17(10-12-18)13-14-20(15-21-20)19-7-5-4-6-8-19;1-4-11(2)12-5-7-13(8-6-12)19(15,16)18-10-14(3)9-17-14/h9-12,15H,8,13-14H2,1-7H3;4-12,16H,3,13-15H2,1-2H3;5-8,11H,4,9-10H2,1-3H3. The lowest BCUT2D eigenvalue weighted by molar-refractivity contribution is -0.169. The third kappa shape index (κ3) is 15.5. The second-order valence-electron chi connectivity index (χ2n) is 19.5. The highest BCUT2D eigenvalue weighted by molar-refractivity contribution is 7.86. The maximum Gasteiger partial charge on any atom is 0.319 e. The number of epoxide rings is 2. The van der Waals surface area contributed by atoms with Crippen LogP contribution in [0.4, 0.5) is 0 Å². The number of hydrogen-bond acceptors (Lipinski definition) is 8. The van der Waals surface area contributed by atoms with E-state index in [4.69, 9.17) is 18.4 Å². The summed E-state index contributed by atoms with van der Waals surface area (Å²) >= 11 is 0. The van der Waals surface area contributed by atoms with Crippen LogP contribution in [-0.2, 0) is 56.5 Å². The van der Waals surface area contributed by atoms with Gasteiger partial charge >= 0.3 is 5.97 Å². The zero-order valence-electron chi connectivity index (χ0n) is 40.8. The fraction of sp³-hybridized carbons (Fsp3) is 0.527. The molecule has 0 bridgehead atoms. The molecule has 6 atom stereocenters. The molecule has 0 radical (unpaired) electrons. The quantitative estimate of drug-likeness (QED) is 0.0396. The summed E-state index contributed by atoms with van der Waals surface area (Å²) in [6, 6.07) is 35.1. The first kappa shape index (κ1) is 52.5. The van der Waals surface area contributed by atoms with E-state index in [1.807, 2.05) is 39.8 Å². The Kier molecular flexibility index (Phi) is 18.7. The zero-order chi connectivity index (χ0) is 47.3. The molecule has 2 aliphatic heterocycles. The van der Waals surface area contributed by atoms with Gasteiger partial charge in [0.2, 0.25) is 0 Å². The molecule has 2 heterocycles. The van der Waals surface area contributed by atoms with E-state index in [0.29, 0.717) is 37.2 Å². The number of carbonyl (C=O) groups is 2. The highest BCUT2D eigenvalue weighted by Crippen LogP contribution is 2.43. The summed E-state index contributed by atoms with van der Waals surface area (Å²) in [6.45, 7) is 25.1. The molecular formula is C55H76O8S. The van der Waals surface area contributed by atoms with E-state index in [0.717, 1.165) is 43.4 Å². The Morgan fingerprint density at radius 1 is 0.672 bits per heavy atom. The molecule has 0 saturated carbocycles. The van der Waals surface area contributed by atoms with Crippen LogP contribution in [0, 0.1) is 5.41 Å². The Hall–Kier alpha value is -4.15. The number of ketones is 1. The molecule has 2 saturated heterocycles. The van der Waals surface area contributed by atoms with Gasteiger partial charge in [0, 0.05) is 0 Å². The molecule has 6 unspecified atom stereocenters. The van der Waals surface area contributed by atoms with Crippen LogP contribution in [-0.4, -0.2) is 51.2 Å². The van der Waals surface area contributed by atoms with E-state index in [2.05, 4.69) is 120 Å². The van der Waals surface area contributed by atoms with Gasteiger partial charge < -0.3 is 14.2 Å². The first-order valence-electron chi connectivity index (χ1n) is 23.3. The van der Waals surface area contributed by atoms with Crippen molar-refractivity contribution in [1.82, 2.24) is 0 Å². The van der Waals surface area contributed by atoms with E-state index in [1.54, 1.807) is 19.1 Å². The SMILES string of the molecule is CCC(C)c1ccc(CCC(C)(C(C)=O)C(=O)OC(C)(C)C)cc1.CCC(C)c1ccc(CCC2(c3ccccc3)CO2)cc1.CCC(C)c1ccc(S(=O)(=O)OCC2(C)CO2)cc1. The zero-order valence-corrected chi connectivity index (χ0v) is 41.6. The van der Waals surface area contributed by atoms with Crippen molar-refractivity contribution in [2.45, 2.75) is 167 Å². The molecule has 4 aromatic carbocycles. The molecule has 2 aliphatic rings. The van der Waals surface area contributed by atoms with Crippen molar-refractivity contribution in [2.24, 2.45) is 5.41 Å². The largest absolute Gasteiger partial charge is 0.459 e. The van der Waals surface area contributed by atoms with E-state index < -0.39 is 32.7 Å². The fourth-order valence-corrected chi connectivity index (χ4v) is 8.02. The van der Waals surface area contributed by atoms with Crippen molar-refractivity contribution in [3.8, 4) is 0 Å². The van der Waals surface area contributed by atoms with Gasteiger partial charge in [-0.05, 0) is 150 Å². The third-order valence-electron chi connectivity index (χ3n) is 13.0. The van der Waals surface area contributed by atoms with Gasteiger partial charge in [0.1, 0.15) is 28.0 Å². The average Bonchev–Trinajstić information content (AvgIpc) is 4.24.